The summed E-state index contributed by atoms with van der Waals surface area (Å²) in [6, 6.07) is 0. The van der Waals surface area contributed by atoms with E-state index in [1.54, 1.807) is 6.92 Å². The molecule has 0 radical (unpaired) electrons. The molecular formula is C14H24O6. The monoisotopic (exact) mass is 288 g/mol. The Morgan fingerprint density at radius 1 is 1.40 bits per heavy atom. The Morgan fingerprint density at radius 3 is 2.45 bits per heavy atom. The maximum Gasteiger partial charge on any atom is 0.349 e. The van der Waals surface area contributed by atoms with Gasteiger partial charge >= 0.3 is 11.9 Å². The fourth-order valence-corrected chi connectivity index (χ4v) is 1.24. The largest absolute Gasteiger partial charge is 0.447 e. The van der Waals surface area contributed by atoms with Gasteiger partial charge in [-0.1, -0.05) is 26.8 Å². The summed E-state index contributed by atoms with van der Waals surface area (Å²) < 4.78 is 20.2. The van der Waals surface area contributed by atoms with Crippen molar-refractivity contribution in [3.63, 3.8) is 0 Å². The van der Waals surface area contributed by atoms with E-state index < -0.39 is 23.8 Å². The second kappa shape index (κ2) is 9.50. The molecule has 1 aliphatic rings. The lowest BCUT2D eigenvalue weighted by Gasteiger charge is -2.33. The molecule has 0 aliphatic carbocycles. The zero-order valence-electron chi connectivity index (χ0n) is 12.6. The second-order valence-electron chi connectivity index (χ2n) is 4.45. The van der Waals surface area contributed by atoms with Gasteiger partial charge in [-0.3, -0.25) is 0 Å². The highest BCUT2D eigenvalue weighted by atomic mass is 16.8. The second-order valence-corrected chi connectivity index (χ2v) is 4.45. The summed E-state index contributed by atoms with van der Waals surface area (Å²) in [6.07, 6.45) is 1.22. The molecule has 1 fully saturated rings. The SMILES string of the molecule is C=CC(=O)OC(C)C(=O)OC1(C)COCCO1.CCC. The van der Waals surface area contributed by atoms with Crippen LogP contribution in [0, 0.1) is 0 Å². The first-order valence-electron chi connectivity index (χ1n) is 6.66. The minimum Gasteiger partial charge on any atom is -0.447 e. The van der Waals surface area contributed by atoms with Crippen molar-refractivity contribution < 1.29 is 28.5 Å². The molecular weight excluding hydrogens is 264 g/mol. The summed E-state index contributed by atoms with van der Waals surface area (Å²) >= 11 is 0. The zero-order chi connectivity index (χ0) is 15.6. The molecule has 1 heterocycles. The minimum absolute atomic E-state index is 0.154. The van der Waals surface area contributed by atoms with Crippen LogP contribution in [0.2, 0.25) is 0 Å². The third-order valence-electron chi connectivity index (χ3n) is 2.11. The molecule has 1 rings (SSSR count). The molecule has 116 valence electrons. The topological polar surface area (TPSA) is 71.1 Å². The predicted octanol–water partition coefficient (Wildman–Crippen LogP) is 1.83. The van der Waals surface area contributed by atoms with Crippen LogP contribution in [0.3, 0.4) is 0 Å². The number of esters is 2. The van der Waals surface area contributed by atoms with E-state index in [9.17, 15) is 9.59 Å². The quantitative estimate of drug-likeness (QED) is 0.580. The number of hydrogen-bond acceptors (Lipinski definition) is 6. The smallest absolute Gasteiger partial charge is 0.349 e. The van der Waals surface area contributed by atoms with Crippen LogP contribution < -0.4 is 0 Å². The lowest BCUT2D eigenvalue weighted by atomic mass is 10.3. The Kier molecular flexibility index (Phi) is 8.83. The van der Waals surface area contributed by atoms with Crippen LogP contribution in [0.5, 0.6) is 0 Å². The molecule has 0 amide bonds. The van der Waals surface area contributed by atoms with E-state index in [2.05, 4.69) is 20.4 Å². The van der Waals surface area contributed by atoms with Crippen LogP contribution in [0.25, 0.3) is 0 Å². The van der Waals surface area contributed by atoms with Crippen molar-refractivity contribution in [2.45, 2.75) is 46.0 Å². The maximum absolute atomic E-state index is 11.6. The van der Waals surface area contributed by atoms with E-state index in [0.29, 0.717) is 13.2 Å². The standard InChI is InChI=1S/C11H16O6.C3H8/c1-4-9(12)16-8(2)10(13)17-11(3)7-14-5-6-15-11;1-3-2/h4,8H,1,5-7H2,2-3H3;3H2,1-2H3. The van der Waals surface area contributed by atoms with Gasteiger partial charge in [-0.05, 0) is 6.92 Å². The van der Waals surface area contributed by atoms with Crippen LogP contribution in [-0.2, 0) is 28.5 Å². The van der Waals surface area contributed by atoms with Gasteiger partial charge in [0.1, 0.15) is 6.61 Å². The Bertz CT molecular complexity index is 320. The summed E-state index contributed by atoms with van der Waals surface area (Å²) in [7, 11) is 0. The van der Waals surface area contributed by atoms with Crippen molar-refractivity contribution in [3.8, 4) is 0 Å². The Morgan fingerprint density at radius 2 is 2.00 bits per heavy atom. The van der Waals surface area contributed by atoms with Gasteiger partial charge in [-0.15, -0.1) is 0 Å². The molecule has 0 aromatic heterocycles. The van der Waals surface area contributed by atoms with Crippen molar-refractivity contribution >= 4 is 11.9 Å². The lowest BCUT2D eigenvalue weighted by molar-refractivity contribution is -0.274. The van der Waals surface area contributed by atoms with Gasteiger partial charge in [-0.25, -0.2) is 9.59 Å². The summed E-state index contributed by atoms with van der Waals surface area (Å²) in [5, 5.41) is 0. The Labute approximate surface area is 120 Å². The van der Waals surface area contributed by atoms with Crippen LogP contribution >= 0.6 is 0 Å². The molecule has 20 heavy (non-hydrogen) atoms. The molecule has 0 saturated carbocycles. The van der Waals surface area contributed by atoms with E-state index in [-0.39, 0.29) is 6.61 Å². The van der Waals surface area contributed by atoms with Gasteiger partial charge in [0.15, 0.2) is 6.10 Å². The molecule has 2 unspecified atom stereocenters. The average molecular weight is 288 g/mol. The van der Waals surface area contributed by atoms with Crippen molar-refractivity contribution in [2.24, 2.45) is 0 Å². The number of hydrogen-bond donors (Lipinski definition) is 0. The first-order chi connectivity index (χ1) is 9.38. The Balaban J connectivity index is 0.00000110. The van der Waals surface area contributed by atoms with Gasteiger partial charge in [0.05, 0.1) is 13.2 Å². The first-order valence-corrected chi connectivity index (χ1v) is 6.66. The zero-order valence-corrected chi connectivity index (χ0v) is 12.6. The summed E-state index contributed by atoms with van der Waals surface area (Å²) in [5.41, 5.74) is 0. The van der Waals surface area contributed by atoms with Gasteiger partial charge in [-0.2, -0.15) is 0 Å². The fourth-order valence-electron chi connectivity index (χ4n) is 1.24. The molecule has 0 bridgehead atoms. The minimum atomic E-state index is -1.12. The molecule has 1 aliphatic heterocycles. The molecule has 6 nitrogen and oxygen atoms in total. The lowest BCUT2D eigenvalue weighted by Crippen LogP contribution is -2.46. The number of carbonyl (C=O) groups excluding carboxylic acids is 2. The molecule has 0 aromatic rings. The van der Waals surface area contributed by atoms with Crippen molar-refractivity contribution in [3.05, 3.63) is 12.7 Å². The van der Waals surface area contributed by atoms with E-state index in [1.807, 2.05) is 0 Å². The fraction of sp³-hybridized carbons (Fsp3) is 0.714. The summed E-state index contributed by atoms with van der Waals surface area (Å²) in [5.74, 6) is -2.49. The summed E-state index contributed by atoms with van der Waals surface area (Å²) in [4.78, 5) is 22.5. The van der Waals surface area contributed by atoms with Gasteiger partial charge in [0.2, 0.25) is 5.79 Å². The van der Waals surface area contributed by atoms with E-state index >= 15 is 0 Å². The van der Waals surface area contributed by atoms with E-state index in [0.717, 1.165) is 6.08 Å². The highest BCUT2D eigenvalue weighted by Gasteiger charge is 2.35. The van der Waals surface area contributed by atoms with Crippen LogP contribution in [0.1, 0.15) is 34.1 Å². The van der Waals surface area contributed by atoms with Crippen molar-refractivity contribution in [1.29, 1.82) is 0 Å². The number of rotatable bonds is 4. The maximum atomic E-state index is 11.6. The number of carbonyl (C=O) groups is 2. The molecule has 1 saturated heterocycles. The Hall–Kier alpha value is -1.40. The van der Waals surface area contributed by atoms with Crippen LogP contribution in [0.4, 0.5) is 0 Å². The third kappa shape index (κ3) is 7.25. The molecule has 0 aromatic carbocycles. The third-order valence-corrected chi connectivity index (χ3v) is 2.11. The van der Waals surface area contributed by atoms with Gasteiger partial charge < -0.3 is 18.9 Å². The van der Waals surface area contributed by atoms with E-state index in [4.69, 9.17) is 18.9 Å². The highest BCUT2D eigenvalue weighted by molar-refractivity contribution is 5.85. The number of ether oxygens (including phenoxy) is 4. The highest BCUT2D eigenvalue weighted by Crippen LogP contribution is 2.18. The van der Waals surface area contributed by atoms with Gasteiger partial charge in [0.25, 0.3) is 0 Å². The first kappa shape index (κ1) is 18.6. The molecule has 6 heteroatoms. The van der Waals surface area contributed by atoms with Gasteiger partial charge in [0, 0.05) is 13.0 Å². The molecule has 2 atom stereocenters. The summed E-state index contributed by atoms with van der Waals surface area (Å²) in [6.45, 7) is 11.5. The predicted molar refractivity (Wildman–Crippen MR) is 73.0 cm³/mol. The van der Waals surface area contributed by atoms with Crippen molar-refractivity contribution in [1.82, 2.24) is 0 Å². The molecule has 0 spiro atoms. The van der Waals surface area contributed by atoms with Crippen molar-refractivity contribution in [2.75, 3.05) is 19.8 Å². The van der Waals surface area contributed by atoms with Crippen LogP contribution in [0.15, 0.2) is 12.7 Å². The normalized spacial score (nSPS) is 22.8. The van der Waals surface area contributed by atoms with Crippen LogP contribution in [-0.4, -0.2) is 43.7 Å². The average Bonchev–Trinajstić information content (AvgIpc) is 2.39. The van der Waals surface area contributed by atoms with E-state index in [1.165, 1.54) is 13.3 Å². The molecule has 0 N–H and O–H groups in total.